The van der Waals surface area contributed by atoms with Gasteiger partial charge in [0, 0.05) is 12.1 Å². The normalized spacial score (nSPS) is 17.2. The maximum Gasteiger partial charge on any atom is 0.348 e. The van der Waals surface area contributed by atoms with Crippen molar-refractivity contribution in [2.45, 2.75) is 39.5 Å². The summed E-state index contributed by atoms with van der Waals surface area (Å²) in [6.07, 6.45) is 0.186. The van der Waals surface area contributed by atoms with Gasteiger partial charge in [-0.25, -0.2) is 4.79 Å². The largest absolute Gasteiger partial charge is 0.492 e. The van der Waals surface area contributed by atoms with Gasteiger partial charge in [-0.15, -0.1) is 11.3 Å². The van der Waals surface area contributed by atoms with Gasteiger partial charge < -0.3 is 30.0 Å². The van der Waals surface area contributed by atoms with Crippen LogP contribution in [0.25, 0.3) is 0 Å². The van der Waals surface area contributed by atoms with Crippen LogP contribution in [0.15, 0.2) is 6.07 Å². The number of hydrogen-bond acceptors (Lipinski definition) is 9. The molecule has 0 fully saturated rings. The molecule has 0 aliphatic carbocycles. The number of rotatable bonds is 6. The van der Waals surface area contributed by atoms with E-state index in [4.69, 9.17) is 24.7 Å². The van der Waals surface area contributed by atoms with Crippen molar-refractivity contribution in [1.82, 2.24) is 4.90 Å². The van der Waals surface area contributed by atoms with E-state index in [9.17, 15) is 9.59 Å². The highest BCUT2D eigenvalue weighted by atomic mass is 32.1. The molecule has 1 amide bonds. The van der Waals surface area contributed by atoms with Crippen LogP contribution in [-0.4, -0.2) is 50.4 Å². The molecule has 3 N–H and O–H groups in total. The van der Waals surface area contributed by atoms with Crippen molar-refractivity contribution in [3.05, 3.63) is 33.2 Å². The molecule has 2 aliphatic heterocycles. The van der Waals surface area contributed by atoms with E-state index in [1.54, 1.807) is 27.9 Å². The smallest absolute Gasteiger partial charge is 0.348 e. The summed E-state index contributed by atoms with van der Waals surface area (Å²) in [4.78, 5) is 27.4. The number of carbonyl (C=O) groups is 2. The summed E-state index contributed by atoms with van der Waals surface area (Å²) in [5, 5.41) is 3.94. The lowest BCUT2D eigenvalue weighted by Crippen LogP contribution is -2.37. The minimum Gasteiger partial charge on any atom is -0.492 e. The highest BCUT2D eigenvalue weighted by molar-refractivity contribution is 7.18. The number of amides is 1. The minimum absolute atomic E-state index is 0.139. The average molecular weight is 462 g/mol. The number of methoxy groups -OCH3 is 1. The molecule has 2 aromatic rings. The number of benzene rings is 1. The molecule has 172 valence electrons. The van der Waals surface area contributed by atoms with Gasteiger partial charge in [-0.05, 0) is 51.4 Å². The lowest BCUT2D eigenvalue weighted by molar-refractivity contribution is 0.0383. The van der Waals surface area contributed by atoms with E-state index in [0.717, 1.165) is 35.4 Å². The zero-order chi connectivity index (χ0) is 23.2. The van der Waals surface area contributed by atoms with Crippen LogP contribution in [0.1, 0.15) is 56.7 Å². The first-order chi connectivity index (χ1) is 15.2. The highest BCUT2D eigenvalue weighted by Gasteiger charge is 2.35. The van der Waals surface area contributed by atoms with E-state index in [-0.39, 0.29) is 24.6 Å². The Morgan fingerprint density at radius 1 is 1.34 bits per heavy atom. The molecule has 0 bridgehead atoms. The van der Waals surface area contributed by atoms with Crippen LogP contribution in [0.5, 0.6) is 17.2 Å². The number of nitrogens with zero attached hydrogens (tertiary/aromatic N) is 1. The molecule has 1 atom stereocenters. The fourth-order valence-corrected chi connectivity index (χ4v) is 5.23. The molecular weight excluding hydrogens is 434 g/mol. The highest BCUT2D eigenvalue weighted by Crippen LogP contribution is 2.50. The molecule has 0 radical (unpaired) electrons. The van der Waals surface area contributed by atoms with Crippen LogP contribution in [0, 0.1) is 6.92 Å². The van der Waals surface area contributed by atoms with Gasteiger partial charge >= 0.3 is 5.97 Å². The van der Waals surface area contributed by atoms with Gasteiger partial charge in [-0.3, -0.25) is 9.69 Å². The second-order valence-electron chi connectivity index (χ2n) is 8.07. The molecular formula is C22H27N3O6S. The van der Waals surface area contributed by atoms with Gasteiger partial charge in [0.05, 0.1) is 18.8 Å². The van der Waals surface area contributed by atoms with Gasteiger partial charge in [0.2, 0.25) is 12.5 Å². The first-order valence-corrected chi connectivity index (χ1v) is 11.1. The van der Waals surface area contributed by atoms with Gasteiger partial charge in [0.25, 0.3) is 5.91 Å². The van der Waals surface area contributed by atoms with Gasteiger partial charge in [-0.1, -0.05) is 0 Å². The van der Waals surface area contributed by atoms with Crippen molar-refractivity contribution in [3.63, 3.8) is 0 Å². The molecule has 4 rings (SSSR count). The fourth-order valence-electron chi connectivity index (χ4n) is 4.11. The van der Waals surface area contributed by atoms with Crippen LogP contribution in [-0.2, 0) is 11.2 Å². The summed E-state index contributed by atoms with van der Waals surface area (Å²) < 4.78 is 22.3. The van der Waals surface area contributed by atoms with Crippen molar-refractivity contribution in [2.75, 3.05) is 32.8 Å². The van der Waals surface area contributed by atoms with Crippen molar-refractivity contribution >= 4 is 28.2 Å². The van der Waals surface area contributed by atoms with Crippen LogP contribution >= 0.6 is 11.3 Å². The maximum atomic E-state index is 12.6. The molecule has 1 aromatic carbocycles. The Labute approximate surface area is 190 Å². The van der Waals surface area contributed by atoms with Crippen LogP contribution in [0.2, 0.25) is 0 Å². The average Bonchev–Trinajstić information content (AvgIpc) is 3.32. The molecule has 0 saturated heterocycles. The number of ether oxygens (including phenoxy) is 4. The second-order valence-corrected chi connectivity index (χ2v) is 9.09. The zero-order valence-corrected chi connectivity index (χ0v) is 19.6. The summed E-state index contributed by atoms with van der Waals surface area (Å²) in [6, 6.07) is 1.97. The summed E-state index contributed by atoms with van der Waals surface area (Å²) in [6.45, 7) is 6.17. The Morgan fingerprint density at radius 3 is 2.75 bits per heavy atom. The van der Waals surface area contributed by atoms with Crippen LogP contribution in [0.4, 0.5) is 5.00 Å². The summed E-state index contributed by atoms with van der Waals surface area (Å²) in [5.41, 5.74) is 8.45. The van der Waals surface area contributed by atoms with Crippen molar-refractivity contribution in [2.24, 2.45) is 5.73 Å². The topological polar surface area (TPSA) is 112 Å². The minimum atomic E-state index is -0.610. The summed E-state index contributed by atoms with van der Waals surface area (Å²) in [7, 11) is 3.57. The van der Waals surface area contributed by atoms with Crippen LogP contribution in [0.3, 0.4) is 0 Å². The molecule has 10 heteroatoms. The first kappa shape index (κ1) is 22.2. The van der Waals surface area contributed by atoms with Crippen molar-refractivity contribution in [1.29, 1.82) is 0 Å². The predicted molar refractivity (Wildman–Crippen MR) is 120 cm³/mol. The first-order valence-electron chi connectivity index (χ1n) is 10.3. The van der Waals surface area contributed by atoms with E-state index in [1.165, 1.54) is 0 Å². The van der Waals surface area contributed by atoms with E-state index >= 15 is 0 Å². The monoisotopic (exact) mass is 461 g/mol. The number of thiophene rings is 1. The summed E-state index contributed by atoms with van der Waals surface area (Å²) >= 11 is 1.16. The van der Waals surface area contributed by atoms with Gasteiger partial charge in [-0.2, -0.15) is 0 Å². The molecule has 2 aliphatic rings. The van der Waals surface area contributed by atoms with Crippen molar-refractivity contribution in [3.8, 4) is 17.2 Å². The second kappa shape index (κ2) is 8.51. The number of carbonyl (C=O) groups excluding carboxylic acids is 2. The number of nitrogens with one attached hydrogen (secondary N) is 1. The third kappa shape index (κ3) is 3.73. The van der Waals surface area contributed by atoms with E-state index in [2.05, 4.69) is 10.2 Å². The molecule has 1 aromatic heterocycles. The SMILES string of the molecule is COc1c2c(cc3c1C(Nc1sc(C(=O)OC(C)C)c(C)c1C(N)=O)N(C)CC3)OCO2. The molecule has 9 nitrogen and oxygen atoms in total. The quantitative estimate of drug-likeness (QED) is 0.632. The number of hydrogen-bond donors (Lipinski definition) is 2. The number of likely N-dealkylation sites (N-methyl/N-ethyl adjacent to an activating group) is 1. The van der Waals surface area contributed by atoms with Crippen molar-refractivity contribution < 1.29 is 28.5 Å². The number of anilines is 1. The predicted octanol–water partition coefficient (Wildman–Crippen LogP) is 3.06. The van der Waals surface area contributed by atoms with E-state index in [1.807, 2.05) is 13.1 Å². The lowest BCUT2D eigenvalue weighted by atomic mass is 9.95. The lowest BCUT2D eigenvalue weighted by Gasteiger charge is -2.36. The maximum absolute atomic E-state index is 12.6. The Bertz CT molecular complexity index is 1080. The third-order valence-electron chi connectivity index (χ3n) is 5.58. The molecule has 0 spiro atoms. The molecule has 0 saturated carbocycles. The number of fused-ring (bicyclic) bond motifs is 2. The fraction of sp³-hybridized carbons (Fsp3) is 0.455. The number of primary amides is 1. The Morgan fingerprint density at radius 2 is 2.09 bits per heavy atom. The standard InChI is InChI=1S/C22H27N3O6S/c1-10(2)31-22(27)18-11(3)14(19(23)26)21(32-18)24-20-15-12(6-7-25(20)4)8-13-16(17(15)28-5)30-9-29-13/h8,10,20,24H,6-7,9H2,1-5H3,(H2,23,26). The molecule has 1 unspecified atom stereocenters. The molecule has 32 heavy (non-hydrogen) atoms. The van der Waals surface area contributed by atoms with Gasteiger partial charge in [0.15, 0.2) is 11.5 Å². The van der Waals surface area contributed by atoms with E-state index < -0.39 is 11.9 Å². The Kier molecular flexibility index (Phi) is 5.91. The van der Waals surface area contributed by atoms with Gasteiger partial charge in [0.1, 0.15) is 16.0 Å². The summed E-state index contributed by atoms with van der Waals surface area (Å²) in [5.74, 6) is 0.726. The Hall–Kier alpha value is -2.98. The Balaban J connectivity index is 1.79. The number of esters is 1. The zero-order valence-electron chi connectivity index (χ0n) is 18.7. The molecule has 3 heterocycles. The third-order valence-corrected chi connectivity index (χ3v) is 6.79. The number of nitrogens with two attached hydrogens (primary N) is 1. The van der Waals surface area contributed by atoms with E-state index in [0.29, 0.717) is 32.7 Å². The van der Waals surface area contributed by atoms with Crippen LogP contribution < -0.4 is 25.3 Å².